The summed E-state index contributed by atoms with van der Waals surface area (Å²) in [5, 5.41) is 23.6. The van der Waals surface area contributed by atoms with Crippen molar-refractivity contribution in [3.63, 3.8) is 0 Å². The van der Waals surface area contributed by atoms with Crippen LogP contribution in [0.1, 0.15) is 5.82 Å². The van der Waals surface area contributed by atoms with Gasteiger partial charge in [0, 0.05) is 18.6 Å². The highest BCUT2D eigenvalue weighted by Crippen LogP contribution is 2.15. The maximum absolute atomic E-state index is 10.6. The second-order valence-corrected chi connectivity index (χ2v) is 4.86. The summed E-state index contributed by atoms with van der Waals surface area (Å²) in [6.07, 6.45) is 5.05. The smallest absolute Gasteiger partial charge is 0.390 e. The van der Waals surface area contributed by atoms with Gasteiger partial charge in [-0.3, -0.25) is 4.68 Å². The van der Waals surface area contributed by atoms with Crippen LogP contribution in [0.2, 0.25) is 0 Å². The summed E-state index contributed by atoms with van der Waals surface area (Å²) in [6.45, 7) is 0.390. The minimum atomic E-state index is -0.634. The van der Waals surface area contributed by atoms with Crippen LogP contribution < -0.4 is 0 Å². The summed E-state index contributed by atoms with van der Waals surface area (Å²) in [7, 11) is 1.81. The average Bonchev–Trinajstić information content (AvgIpc) is 3.22. The summed E-state index contributed by atoms with van der Waals surface area (Å²) in [5.41, 5.74) is 1.39. The molecule has 12 nitrogen and oxygen atoms in total. The molecule has 0 aromatic carbocycles. The van der Waals surface area contributed by atoms with E-state index >= 15 is 0 Å². The van der Waals surface area contributed by atoms with Gasteiger partial charge in [-0.1, -0.05) is 4.98 Å². The van der Waals surface area contributed by atoms with Crippen molar-refractivity contribution in [2.45, 2.75) is 13.0 Å². The van der Waals surface area contributed by atoms with Crippen LogP contribution in [0.4, 0.5) is 5.95 Å². The molecule has 4 aromatic heterocycles. The van der Waals surface area contributed by atoms with E-state index in [1.165, 1.54) is 11.0 Å². The first-order chi connectivity index (χ1) is 11.1. The van der Waals surface area contributed by atoms with E-state index in [0.29, 0.717) is 24.4 Å². The lowest BCUT2D eigenvalue weighted by molar-refractivity contribution is -0.394. The van der Waals surface area contributed by atoms with Gasteiger partial charge in [0.1, 0.15) is 6.33 Å². The van der Waals surface area contributed by atoms with Crippen molar-refractivity contribution >= 4 is 22.6 Å². The Labute approximate surface area is 127 Å². The van der Waals surface area contributed by atoms with Crippen LogP contribution in [-0.4, -0.2) is 49.1 Å². The fourth-order valence-corrected chi connectivity index (χ4v) is 2.28. The molecule has 0 saturated carbocycles. The zero-order valence-electron chi connectivity index (χ0n) is 11.9. The molecule has 0 unspecified atom stereocenters. The molecule has 0 radical (unpaired) electrons. The van der Waals surface area contributed by atoms with Crippen LogP contribution in [0.15, 0.2) is 18.9 Å². The Morgan fingerprint density at radius 1 is 1.22 bits per heavy atom. The lowest BCUT2D eigenvalue weighted by Crippen LogP contribution is -2.04. The SMILES string of the molecule is Cn1ncc2c1ncn1nc(CCn3cnc([N+](=O)[O-])n3)nc21. The van der Waals surface area contributed by atoms with Gasteiger partial charge >= 0.3 is 5.95 Å². The molecular formula is C11H10N10O2. The Balaban J connectivity index is 1.61. The number of nitro groups is 1. The van der Waals surface area contributed by atoms with Crippen molar-refractivity contribution in [2.24, 2.45) is 7.05 Å². The first kappa shape index (κ1) is 13.2. The van der Waals surface area contributed by atoms with Crippen molar-refractivity contribution in [2.75, 3.05) is 0 Å². The number of aromatic nitrogens is 9. The summed E-state index contributed by atoms with van der Waals surface area (Å²) in [5.74, 6) is 0.163. The highest BCUT2D eigenvalue weighted by molar-refractivity contribution is 5.88. The van der Waals surface area contributed by atoms with Gasteiger partial charge < -0.3 is 10.1 Å². The fraction of sp³-hybridized carbons (Fsp3) is 0.273. The Hall–Kier alpha value is -3.44. The Morgan fingerprint density at radius 2 is 2.09 bits per heavy atom. The minimum Gasteiger partial charge on any atom is -0.390 e. The minimum absolute atomic E-state index is 0.390. The van der Waals surface area contributed by atoms with Gasteiger partial charge in [0.05, 0.1) is 18.1 Å². The molecule has 0 amide bonds. The first-order valence-electron chi connectivity index (χ1n) is 6.67. The third-order valence-corrected chi connectivity index (χ3v) is 3.37. The molecule has 0 fully saturated rings. The van der Waals surface area contributed by atoms with Gasteiger partial charge in [0.2, 0.25) is 6.33 Å². The number of nitrogens with zero attached hydrogens (tertiary/aromatic N) is 10. The average molecular weight is 314 g/mol. The zero-order valence-corrected chi connectivity index (χ0v) is 11.9. The summed E-state index contributed by atoms with van der Waals surface area (Å²) >= 11 is 0. The van der Waals surface area contributed by atoms with E-state index in [-0.39, 0.29) is 0 Å². The Bertz CT molecular complexity index is 1030. The van der Waals surface area contributed by atoms with Crippen LogP contribution in [0.5, 0.6) is 0 Å². The molecule has 0 atom stereocenters. The molecule has 0 aliphatic carbocycles. The van der Waals surface area contributed by atoms with E-state index in [0.717, 1.165) is 11.0 Å². The third kappa shape index (κ3) is 2.16. The topological polar surface area (TPSA) is 135 Å². The molecule has 4 aromatic rings. The maximum Gasteiger partial charge on any atom is 0.490 e. The van der Waals surface area contributed by atoms with Gasteiger partial charge in [-0.25, -0.2) is 14.5 Å². The molecule has 0 saturated heterocycles. The van der Waals surface area contributed by atoms with E-state index in [1.807, 2.05) is 0 Å². The predicted molar refractivity (Wildman–Crippen MR) is 75.4 cm³/mol. The molecule has 23 heavy (non-hydrogen) atoms. The van der Waals surface area contributed by atoms with Gasteiger partial charge in [0.15, 0.2) is 17.1 Å². The van der Waals surface area contributed by atoms with Crippen LogP contribution in [0, 0.1) is 10.1 Å². The largest absolute Gasteiger partial charge is 0.490 e. The summed E-state index contributed by atoms with van der Waals surface area (Å²) in [6, 6.07) is 0. The van der Waals surface area contributed by atoms with Gasteiger partial charge in [-0.05, 0) is 4.92 Å². The van der Waals surface area contributed by atoms with Crippen molar-refractivity contribution in [1.29, 1.82) is 0 Å². The second kappa shape index (κ2) is 4.79. The van der Waals surface area contributed by atoms with Crippen LogP contribution in [0.25, 0.3) is 16.7 Å². The Morgan fingerprint density at radius 3 is 2.87 bits per heavy atom. The van der Waals surface area contributed by atoms with Gasteiger partial charge in [-0.15, -0.1) is 5.10 Å². The number of fused-ring (bicyclic) bond motifs is 3. The van der Waals surface area contributed by atoms with E-state index < -0.39 is 10.9 Å². The maximum atomic E-state index is 10.6. The van der Waals surface area contributed by atoms with Gasteiger partial charge in [-0.2, -0.15) is 9.78 Å². The zero-order chi connectivity index (χ0) is 16.0. The molecular weight excluding hydrogens is 304 g/mol. The lowest BCUT2D eigenvalue weighted by Gasteiger charge is -1.93. The molecule has 4 heterocycles. The standard InChI is InChI=1S/C11H10N10O2/c1-18-9-7(4-14-18)10-15-8(16-20(10)6-12-9)2-3-19-5-13-11(17-19)21(22)23/h4-6H,2-3H2,1H3. The second-order valence-electron chi connectivity index (χ2n) is 4.86. The summed E-state index contributed by atoms with van der Waals surface area (Å²) < 4.78 is 4.64. The van der Waals surface area contributed by atoms with E-state index in [2.05, 4.69) is 30.2 Å². The molecule has 0 aliphatic rings. The number of aryl methyl sites for hydroxylation is 3. The fourth-order valence-electron chi connectivity index (χ4n) is 2.28. The van der Waals surface area contributed by atoms with E-state index in [1.54, 1.807) is 28.8 Å². The molecule has 0 N–H and O–H groups in total. The van der Waals surface area contributed by atoms with Crippen molar-refractivity contribution in [1.82, 2.24) is 44.1 Å². The monoisotopic (exact) mass is 314 g/mol. The molecule has 0 aliphatic heterocycles. The molecule has 116 valence electrons. The quantitative estimate of drug-likeness (QED) is 0.372. The van der Waals surface area contributed by atoms with E-state index in [4.69, 9.17) is 0 Å². The molecule has 0 spiro atoms. The Kier molecular flexibility index (Phi) is 2.76. The molecule has 12 heteroatoms. The van der Waals surface area contributed by atoms with Crippen molar-refractivity contribution in [3.8, 4) is 0 Å². The molecule has 0 bridgehead atoms. The number of rotatable bonds is 4. The highest BCUT2D eigenvalue weighted by atomic mass is 16.6. The van der Waals surface area contributed by atoms with E-state index in [9.17, 15) is 10.1 Å². The van der Waals surface area contributed by atoms with Gasteiger partial charge in [0.25, 0.3) is 0 Å². The first-order valence-corrected chi connectivity index (χ1v) is 6.67. The number of hydrogen-bond donors (Lipinski definition) is 0. The number of hydrogen-bond acceptors (Lipinski definition) is 8. The van der Waals surface area contributed by atoms with Crippen LogP contribution in [0.3, 0.4) is 0 Å². The normalized spacial score (nSPS) is 11.5. The lowest BCUT2D eigenvalue weighted by atomic mass is 10.4. The van der Waals surface area contributed by atoms with Crippen LogP contribution in [-0.2, 0) is 20.0 Å². The predicted octanol–water partition coefficient (Wildman–Crippen LogP) is -0.247. The van der Waals surface area contributed by atoms with Crippen molar-refractivity contribution < 1.29 is 4.92 Å². The highest BCUT2D eigenvalue weighted by Gasteiger charge is 2.15. The van der Waals surface area contributed by atoms with Crippen molar-refractivity contribution in [3.05, 3.63) is 34.8 Å². The van der Waals surface area contributed by atoms with Crippen LogP contribution >= 0.6 is 0 Å². The molecule has 4 rings (SSSR count). The third-order valence-electron chi connectivity index (χ3n) is 3.37. The summed E-state index contributed by atoms with van der Waals surface area (Å²) in [4.78, 5) is 22.3.